The van der Waals surface area contributed by atoms with Crippen LogP contribution in [-0.4, -0.2) is 42.2 Å². The molecule has 1 unspecified atom stereocenters. The molecule has 0 aromatic heterocycles. The fourth-order valence-corrected chi connectivity index (χ4v) is 1.60. The van der Waals surface area contributed by atoms with Crippen molar-refractivity contribution in [3.63, 3.8) is 0 Å². The Kier molecular flexibility index (Phi) is 3.70. The van der Waals surface area contributed by atoms with Crippen LogP contribution in [0.3, 0.4) is 0 Å². The molecule has 0 aliphatic carbocycles. The van der Waals surface area contributed by atoms with E-state index in [9.17, 15) is 4.79 Å². The maximum Gasteiger partial charge on any atom is 0.409 e. The molecule has 1 saturated heterocycles. The minimum atomic E-state index is -0.375. The van der Waals surface area contributed by atoms with Crippen molar-refractivity contribution in [2.75, 3.05) is 20.2 Å². The number of hydroxylamine groups is 1. The van der Waals surface area contributed by atoms with Gasteiger partial charge in [0.05, 0.1) is 7.11 Å². The monoisotopic (exact) mass is 201 g/mol. The number of amidine groups is 1. The molecule has 0 bridgehead atoms. The molecule has 1 amide bonds. The van der Waals surface area contributed by atoms with Crippen LogP contribution in [0.1, 0.15) is 12.8 Å². The van der Waals surface area contributed by atoms with E-state index in [1.54, 1.807) is 4.90 Å². The standard InChI is InChI=1S/C8H15N3O3/c1-14-8(12)11-4-2-3-6(5-11)7(9)10-13/h6,13H,2-5H2,1H3,(H2,9,10). The summed E-state index contributed by atoms with van der Waals surface area (Å²) in [5.41, 5.74) is 1.82. The number of rotatable bonds is 1. The molecule has 14 heavy (non-hydrogen) atoms. The third kappa shape index (κ3) is 2.35. The molecule has 1 rings (SSSR count). The third-order valence-corrected chi connectivity index (χ3v) is 2.38. The lowest BCUT2D eigenvalue weighted by Crippen LogP contribution is -2.44. The van der Waals surface area contributed by atoms with Crippen LogP contribution in [0.5, 0.6) is 0 Å². The summed E-state index contributed by atoms with van der Waals surface area (Å²) in [6.45, 7) is 1.08. The SMILES string of the molecule is COC(=O)N1CCCC(C(=N)NO)C1. The molecule has 3 N–H and O–H groups in total. The number of carbonyl (C=O) groups is 1. The average molecular weight is 201 g/mol. The number of methoxy groups -OCH3 is 1. The van der Waals surface area contributed by atoms with Crippen LogP contribution in [0.4, 0.5) is 4.79 Å². The Morgan fingerprint density at radius 3 is 3.00 bits per heavy atom. The summed E-state index contributed by atoms with van der Waals surface area (Å²) in [7, 11) is 1.33. The van der Waals surface area contributed by atoms with E-state index in [0.717, 1.165) is 12.8 Å². The lowest BCUT2D eigenvalue weighted by atomic mass is 9.97. The lowest BCUT2D eigenvalue weighted by molar-refractivity contribution is 0.107. The van der Waals surface area contributed by atoms with Crippen LogP contribution in [-0.2, 0) is 4.74 Å². The van der Waals surface area contributed by atoms with Gasteiger partial charge in [-0.2, -0.15) is 0 Å². The first kappa shape index (κ1) is 10.8. The van der Waals surface area contributed by atoms with Gasteiger partial charge in [0.1, 0.15) is 5.84 Å². The largest absolute Gasteiger partial charge is 0.453 e. The number of piperidine rings is 1. The van der Waals surface area contributed by atoms with Gasteiger partial charge in [0.25, 0.3) is 0 Å². The van der Waals surface area contributed by atoms with Crippen molar-refractivity contribution < 1.29 is 14.7 Å². The Balaban J connectivity index is 2.51. The molecular formula is C8H15N3O3. The van der Waals surface area contributed by atoms with E-state index in [-0.39, 0.29) is 17.8 Å². The van der Waals surface area contributed by atoms with Crippen molar-refractivity contribution in [1.29, 1.82) is 5.41 Å². The molecule has 1 atom stereocenters. The summed E-state index contributed by atoms with van der Waals surface area (Å²) >= 11 is 0. The van der Waals surface area contributed by atoms with Gasteiger partial charge in [-0.1, -0.05) is 0 Å². The molecule has 0 aromatic rings. The van der Waals surface area contributed by atoms with Gasteiger partial charge in [0.15, 0.2) is 0 Å². The van der Waals surface area contributed by atoms with Gasteiger partial charge in [-0.15, -0.1) is 0 Å². The van der Waals surface area contributed by atoms with Crippen LogP contribution in [0.15, 0.2) is 0 Å². The summed E-state index contributed by atoms with van der Waals surface area (Å²) < 4.78 is 4.58. The predicted molar refractivity (Wildman–Crippen MR) is 49.4 cm³/mol. The summed E-state index contributed by atoms with van der Waals surface area (Å²) in [5, 5.41) is 15.9. The second-order valence-electron chi connectivity index (χ2n) is 3.28. The molecule has 0 aromatic carbocycles. The molecule has 1 heterocycles. The van der Waals surface area contributed by atoms with E-state index in [1.165, 1.54) is 7.11 Å². The number of likely N-dealkylation sites (tertiary alicyclic amines) is 1. The molecule has 1 aliphatic heterocycles. The van der Waals surface area contributed by atoms with E-state index in [2.05, 4.69) is 4.74 Å². The Bertz CT molecular complexity index is 210. The van der Waals surface area contributed by atoms with Gasteiger partial charge >= 0.3 is 6.09 Å². The zero-order chi connectivity index (χ0) is 10.6. The Morgan fingerprint density at radius 1 is 1.71 bits per heavy atom. The van der Waals surface area contributed by atoms with Crippen molar-refractivity contribution in [3.05, 3.63) is 0 Å². The molecule has 6 nitrogen and oxygen atoms in total. The molecule has 0 spiro atoms. The molecular weight excluding hydrogens is 186 g/mol. The molecule has 0 saturated carbocycles. The van der Waals surface area contributed by atoms with E-state index >= 15 is 0 Å². The molecule has 80 valence electrons. The number of nitrogens with zero attached hydrogens (tertiary/aromatic N) is 1. The van der Waals surface area contributed by atoms with E-state index < -0.39 is 0 Å². The van der Waals surface area contributed by atoms with Crippen molar-refractivity contribution in [3.8, 4) is 0 Å². The fraction of sp³-hybridized carbons (Fsp3) is 0.750. The number of hydrogen-bond acceptors (Lipinski definition) is 4. The number of carbonyl (C=O) groups excluding carboxylic acids is 1. The first-order valence-electron chi connectivity index (χ1n) is 4.50. The first-order chi connectivity index (χ1) is 6.69. The van der Waals surface area contributed by atoms with Crippen molar-refractivity contribution >= 4 is 11.9 Å². The summed E-state index contributed by atoms with van der Waals surface area (Å²) in [6.07, 6.45) is 1.25. The fourth-order valence-electron chi connectivity index (χ4n) is 1.60. The van der Waals surface area contributed by atoms with Gasteiger partial charge in [-0.05, 0) is 12.8 Å². The van der Waals surface area contributed by atoms with E-state index in [4.69, 9.17) is 10.6 Å². The van der Waals surface area contributed by atoms with Gasteiger partial charge < -0.3 is 9.64 Å². The summed E-state index contributed by atoms with van der Waals surface area (Å²) in [4.78, 5) is 12.7. The molecule has 6 heteroatoms. The van der Waals surface area contributed by atoms with Gasteiger partial charge in [0, 0.05) is 19.0 Å². The van der Waals surface area contributed by atoms with Crippen molar-refractivity contribution in [1.82, 2.24) is 10.4 Å². The Morgan fingerprint density at radius 2 is 2.43 bits per heavy atom. The predicted octanol–water partition coefficient (Wildman–Crippen LogP) is 0.421. The van der Waals surface area contributed by atoms with Crippen LogP contribution in [0.2, 0.25) is 0 Å². The van der Waals surface area contributed by atoms with E-state index in [0.29, 0.717) is 13.1 Å². The first-order valence-corrected chi connectivity index (χ1v) is 4.50. The lowest BCUT2D eigenvalue weighted by Gasteiger charge is -2.31. The van der Waals surface area contributed by atoms with Crippen molar-refractivity contribution in [2.24, 2.45) is 5.92 Å². The van der Waals surface area contributed by atoms with Crippen LogP contribution in [0.25, 0.3) is 0 Å². The van der Waals surface area contributed by atoms with Crippen LogP contribution >= 0.6 is 0 Å². The highest BCUT2D eigenvalue weighted by atomic mass is 16.5. The highest BCUT2D eigenvalue weighted by molar-refractivity contribution is 5.81. The highest BCUT2D eigenvalue weighted by Gasteiger charge is 2.26. The number of hydrogen-bond donors (Lipinski definition) is 3. The maximum atomic E-state index is 11.2. The highest BCUT2D eigenvalue weighted by Crippen LogP contribution is 2.17. The average Bonchev–Trinajstić information content (AvgIpc) is 2.27. The second-order valence-corrected chi connectivity index (χ2v) is 3.28. The zero-order valence-corrected chi connectivity index (χ0v) is 8.12. The molecule has 0 radical (unpaired) electrons. The van der Waals surface area contributed by atoms with Crippen molar-refractivity contribution in [2.45, 2.75) is 12.8 Å². The number of amides is 1. The Hall–Kier alpha value is -1.30. The smallest absolute Gasteiger partial charge is 0.409 e. The van der Waals surface area contributed by atoms with Gasteiger partial charge in [0.2, 0.25) is 0 Å². The summed E-state index contributed by atoms with van der Waals surface area (Å²) in [6, 6.07) is 0. The zero-order valence-electron chi connectivity index (χ0n) is 8.12. The molecule has 1 fully saturated rings. The minimum absolute atomic E-state index is 0.0543. The number of nitrogens with one attached hydrogen (secondary N) is 2. The topological polar surface area (TPSA) is 85.7 Å². The van der Waals surface area contributed by atoms with Gasteiger partial charge in [-0.3, -0.25) is 16.1 Å². The normalized spacial score (nSPS) is 21.6. The summed E-state index contributed by atoms with van der Waals surface area (Å²) in [5.74, 6) is -0.0635. The third-order valence-electron chi connectivity index (χ3n) is 2.38. The van der Waals surface area contributed by atoms with Crippen LogP contribution < -0.4 is 5.48 Å². The quantitative estimate of drug-likeness (QED) is 0.326. The van der Waals surface area contributed by atoms with Crippen LogP contribution in [0, 0.1) is 11.3 Å². The number of ether oxygens (including phenoxy) is 1. The maximum absolute atomic E-state index is 11.2. The van der Waals surface area contributed by atoms with E-state index in [1.807, 2.05) is 5.48 Å². The molecule has 1 aliphatic rings. The van der Waals surface area contributed by atoms with Gasteiger partial charge in [-0.25, -0.2) is 4.79 Å². The Labute approximate surface area is 82.3 Å². The minimum Gasteiger partial charge on any atom is -0.453 e. The second kappa shape index (κ2) is 4.80.